The Morgan fingerprint density at radius 1 is 1.17 bits per heavy atom. The third kappa shape index (κ3) is 5.12. The van der Waals surface area contributed by atoms with E-state index < -0.39 is 0 Å². The number of carbonyl (C=O) groups is 2. The summed E-state index contributed by atoms with van der Waals surface area (Å²) in [4.78, 5) is 26.4. The molecule has 0 heterocycles. The van der Waals surface area contributed by atoms with E-state index in [9.17, 15) is 9.59 Å². The van der Waals surface area contributed by atoms with E-state index in [0.29, 0.717) is 16.3 Å². The zero-order valence-electron chi connectivity index (χ0n) is 12.5. The first-order valence-electron chi connectivity index (χ1n) is 6.62. The highest BCUT2D eigenvalue weighted by Gasteiger charge is 2.12. The van der Waals surface area contributed by atoms with Gasteiger partial charge in [0.15, 0.2) is 0 Å². The Labute approximate surface area is 157 Å². The van der Waals surface area contributed by atoms with Crippen molar-refractivity contribution in [2.75, 3.05) is 19.4 Å². The lowest BCUT2D eigenvalue weighted by Crippen LogP contribution is -2.16. The van der Waals surface area contributed by atoms with Gasteiger partial charge in [-0.1, -0.05) is 17.7 Å². The monoisotopic (exact) mass is 460 g/mol. The predicted molar refractivity (Wildman–Crippen MR) is 104 cm³/mol. The van der Waals surface area contributed by atoms with Crippen LogP contribution in [0, 0.1) is 3.57 Å². The Kier molecular flexibility index (Phi) is 6.32. The van der Waals surface area contributed by atoms with E-state index in [1.165, 1.54) is 4.90 Å². The fourth-order valence-corrected chi connectivity index (χ4v) is 3.53. The molecule has 2 aromatic carbocycles. The summed E-state index contributed by atoms with van der Waals surface area (Å²) in [5, 5.41) is 3.36. The van der Waals surface area contributed by atoms with Crippen molar-refractivity contribution >= 4 is 62.8 Å². The van der Waals surface area contributed by atoms with Crippen LogP contribution in [0.2, 0.25) is 5.02 Å². The molecule has 0 unspecified atom stereocenters. The molecule has 0 saturated heterocycles. The Bertz CT molecular complexity index is 753. The molecule has 2 rings (SSSR count). The number of amides is 2. The minimum atomic E-state index is -0.216. The number of hydrogen-bond acceptors (Lipinski definition) is 3. The van der Waals surface area contributed by atoms with E-state index in [0.717, 1.165) is 20.2 Å². The van der Waals surface area contributed by atoms with E-state index >= 15 is 0 Å². The van der Waals surface area contributed by atoms with Gasteiger partial charge in [-0.15, -0.1) is 0 Å². The SMILES string of the molecule is CN(C)C(=O)Sc1cccc(NC(=O)c2ccc(Cl)cc2I)c1. The number of nitrogens with zero attached hydrogens (tertiary/aromatic N) is 1. The zero-order chi connectivity index (χ0) is 17.0. The fourth-order valence-electron chi connectivity index (χ4n) is 1.70. The second kappa shape index (κ2) is 8.03. The summed E-state index contributed by atoms with van der Waals surface area (Å²) in [6, 6.07) is 12.3. The van der Waals surface area contributed by atoms with Crippen molar-refractivity contribution < 1.29 is 9.59 Å². The van der Waals surface area contributed by atoms with Crippen LogP contribution in [0.25, 0.3) is 0 Å². The van der Waals surface area contributed by atoms with Crippen LogP contribution in [0.15, 0.2) is 47.4 Å². The predicted octanol–water partition coefficient (Wildman–Crippen LogP) is 4.97. The lowest BCUT2D eigenvalue weighted by molar-refractivity contribution is 0.102. The number of halogens is 2. The lowest BCUT2D eigenvalue weighted by atomic mass is 10.2. The van der Waals surface area contributed by atoms with Crippen LogP contribution in [-0.2, 0) is 0 Å². The van der Waals surface area contributed by atoms with Gasteiger partial charge in [-0.05, 0) is 70.8 Å². The number of nitrogens with one attached hydrogen (secondary N) is 1. The maximum atomic E-state index is 12.3. The Hall–Kier alpha value is -1.25. The highest BCUT2D eigenvalue weighted by atomic mass is 127. The van der Waals surface area contributed by atoms with Crippen LogP contribution in [0.3, 0.4) is 0 Å². The second-order valence-electron chi connectivity index (χ2n) is 4.87. The molecule has 23 heavy (non-hydrogen) atoms. The summed E-state index contributed by atoms with van der Waals surface area (Å²) in [7, 11) is 3.40. The molecular formula is C16H14ClIN2O2S. The summed E-state index contributed by atoms with van der Waals surface area (Å²) in [5.74, 6) is -0.216. The summed E-state index contributed by atoms with van der Waals surface area (Å²) >= 11 is 9.09. The van der Waals surface area contributed by atoms with E-state index in [2.05, 4.69) is 27.9 Å². The molecule has 0 spiro atoms. The van der Waals surface area contributed by atoms with E-state index in [-0.39, 0.29) is 11.1 Å². The average molecular weight is 461 g/mol. The van der Waals surface area contributed by atoms with Crippen LogP contribution >= 0.6 is 46.0 Å². The minimum Gasteiger partial charge on any atom is -0.339 e. The summed E-state index contributed by atoms with van der Waals surface area (Å²) in [5.41, 5.74) is 1.19. The molecule has 1 N–H and O–H groups in total. The molecule has 0 fully saturated rings. The van der Waals surface area contributed by atoms with Gasteiger partial charge in [-0.2, -0.15) is 0 Å². The van der Waals surface area contributed by atoms with Crippen molar-refractivity contribution in [1.29, 1.82) is 0 Å². The summed E-state index contributed by atoms with van der Waals surface area (Å²) in [6.07, 6.45) is 0. The molecule has 2 aromatic rings. The standard InChI is InChI=1S/C16H14ClIN2O2S/c1-20(2)16(22)23-12-5-3-4-11(9-12)19-15(21)13-7-6-10(17)8-14(13)18/h3-9H,1-2H3,(H,19,21). The maximum Gasteiger partial charge on any atom is 0.285 e. The number of benzene rings is 2. The van der Waals surface area contributed by atoms with Gasteiger partial charge in [0.25, 0.3) is 11.1 Å². The van der Waals surface area contributed by atoms with Crippen molar-refractivity contribution in [3.05, 3.63) is 56.6 Å². The largest absolute Gasteiger partial charge is 0.339 e. The van der Waals surface area contributed by atoms with Crippen molar-refractivity contribution in [3.63, 3.8) is 0 Å². The van der Waals surface area contributed by atoms with Gasteiger partial charge in [0.05, 0.1) is 5.56 Å². The second-order valence-corrected chi connectivity index (χ2v) is 7.49. The molecule has 0 aliphatic heterocycles. The Balaban J connectivity index is 2.13. The van der Waals surface area contributed by atoms with Gasteiger partial charge in [0.1, 0.15) is 0 Å². The van der Waals surface area contributed by atoms with E-state index in [1.54, 1.807) is 50.5 Å². The summed E-state index contributed by atoms with van der Waals surface area (Å²) in [6.45, 7) is 0. The third-order valence-corrected chi connectivity index (χ3v) is 4.99. The lowest BCUT2D eigenvalue weighted by Gasteiger charge is -2.11. The van der Waals surface area contributed by atoms with Crippen LogP contribution in [0.1, 0.15) is 10.4 Å². The van der Waals surface area contributed by atoms with Crippen LogP contribution in [-0.4, -0.2) is 30.1 Å². The van der Waals surface area contributed by atoms with Gasteiger partial charge in [0, 0.05) is 33.3 Å². The topological polar surface area (TPSA) is 49.4 Å². The summed E-state index contributed by atoms with van der Waals surface area (Å²) < 4.78 is 0.779. The van der Waals surface area contributed by atoms with Crippen molar-refractivity contribution in [2.45, 2.75) is 4.90 Å². The number of rotatable bonds is 3. The first-order chi connectivity index (χ1) is 10.9. The van der Waals surface area contributed by atoms with Crippen LogP contribution in [0.5, 0.6) is 0 Å². The van der Waals surface area contributed by atoms with E-state index in [4.69, 9.17) is 11.6 Å². The quantitative estimate of drug-likeness (QED) is 0.520. The number of anilines is 1. The molecule has 0 aliphatic rings. The Morgan fingerprint density at radius 3 is 2.57 bits per heavy atom. The molecule has 120 valence electrons. The molecule has 2 amide bonds. The molecule has 7 heteroatoms. The molecule has 0 aromatic heterocycles. The molecule has 0 atom stereocenters. The van der Waals surface area contributed by atoms with E-state index in [1.807, 2.05) is 6.07 Å². The zero-order valence-corrected chi connectivity index (χ0v) is 16.2. The number of thioether (sulfide) groups is 1. The van der Waals surface area contributed by atoms with Crippen molar-refractivity contribution in [1.82, 2.24) is 4.90 Å². The van der Waals surface area contributed by atoms with Crippen molar-refractivity contribution in [3.8, 4) is 0 Å². The van der Waals surface area contributed by atoms with Gasteiger partial charge in [-0.3, -0.25) is 9.59 Å². The third-order valence-electron chi connectivity index (χ3n) is 2.84. The molecule has 0 bridgehead atoms. The molecule has 0 saturated carbocycles. The average Bonchev–Trinajstić information content (AvgIpc) is 2.47. The number of carbonyl (C=O) groups excluding carboxylic acids is 2. The molecule has 0 radical (unpaired) electrons. The normalized spacial score (nSPS) is 10.3. The Morgan fingerprint density at radius 2 is 1.91 bits per heavy atom. The number of hydrogen-bond donors (Lipinski definition) is 1. The van der Waals surface area contributed by atoms with Crippen LogP contribution in [0.4, 0.5) is 10.5 Å². The highest BCUT2D eigenvalue weighted by Crippen LogP contribution is 2.24. The molecule has 0 aliphatic carbocycles. The fraction of sp³-hybridized carbons (Fsp3) is 0.125. The van der Waals surface area contributed by atoms with Gasteiger partial charge >= 0.3 is 0 Å². The molecular weight excluding hydrogens is 447 g/mol. The minimum absolute atomic E-state index is 0.0688. The van der Waals surface area contributed by atoms with Gasteiger partial charge < -0.3 is 10.2 Å². The first-order valence-corrected chi connectivity index (χ1v) is 8.90. The van der Waals surface area contributed by atoms with Crippen LogP contribution < -0.4 is 5.32 Å². The maximum absolute atomic E-state index is 12.3. The first kappa shape index (κ1) is 18.1. The highest BCUT2D eigenvalue weighted by molar-refractivity contribution is 14.1. The van der Waals surface area contributed by atoms with Gasteiger partial charge in [0.2, 0.25) is 0 Å². The van der Waals surface area contributed by atoms with Gasteiger partial charge in [-0.25, -0.2) is 0 Å². The van der Waals surface area contributed by atoms with Crippen molar-refractivity contribution in [2.24, 2.45) is 0 Å². The smallest absolute Gasteiger partial charge is 0.285 e. The molecule has 4 nitrogen and oxygen atoms in total.